The monoisotopic (exact) mass is 619 g/mol. The van der Waals surface area contributed by atoms with E-state index in [4.69, 9.17) is 20.2 Å². The molecule has 2 aromatic rings. The molecule has 4 unspecified atom stereocenters. The number of fused-ring (bicyclic) bond motifs is 1. The van der Waals surface area contributed by atoms with Gasteiger partial charge in [0.1, 0.15) is 5.71 Å². The summed E-state index contributed by atoms with van der Waals surface area (Å²) < 4.78 is 0. The Morgan fingerprint density at radius 2 is 1.42 bits per heavy atom. The van der Waals surface area contributed by atoms with Gasteiger partial charge in [-0.15, -0.1) is 9.89 Å². The van der Waals surface area contributed by atoms with Gasteiger partial charge in [0.2, 0.25) is 5.82 Å². The van der Waals surface area contributed by atoms with E-state index in [-0.39, 0.29) is 0 Å². The zero-order valence-corrected chi connectivity index (χ0v) is 30.5. The van der Waals surface area contributed by atoms with Gasteiger partial charge in [0, 0.05) is 30.6 Å². The lowest BCUT2D eigenvalue weighted by Gasteiger charge is -2.33. The van der Waals surface area contributed by atoms with Crippen LogP contribution in [0.1, 0.15) is 168 Å². The number of unbranched alkanes of at least 4 members (excludes halogenated alkanes) is 4. The number of hydrogen-bond acceptors (Lipinski definition) is 5. The van der Waals surface area contributed by atoms with Crippen molar-refractivity contribution < 1.29 is 0 Å². The SMILES string of the molecule is CCCCCC(CC)c1nc2n(n1)N=C(C(C)CC)C2=Nc1ccc(N(CC(CC)CCCC)CC(CC)CCCC)cc1C. The van der Waals surface area contributed by atoms with Gasteiger partial charge in [-0.2, -0.15) is 5.10 Å². The average Bonchev–Trinajstić information content (AvgIpc) is 3.61. The van der Waals surface area contributed by atoms with E-state index in [9.17, 15) is 0 Å². The van der Waals surface area contributed by atoms with Gasteiger partial charge >= 0.3 is 0 Å². The largest absolute Gasteiger partial charge is 0.371 e. The van der Waals surface area contributed by atoms with Crippen molar-refractivity contribution in [2.24, 2.45) is 27.8 Å². The summed E-state index contributed by atoms with van der Waals surface area (Å²) in [5.41, 5.74) is 5.46. The first kappa shape index (κ1) is 37.0. The molecule has 1 aliphatic heterocycles. The fourth-order valence-corrected chi connectivity index (χ4v) is 6.59. The lowest BCUT2D eigenvalue weighted by Crippen LogP contribution is -2.34. The molecule has 6 nitrogen and oxygen atoms in total. The first-order valence-electron chi connectivity index (χ1n) is 18.8. The Bertz CT molecular complexity index is 1190. The Labute approximate surface area is 276 Å². The normalized spacial score (nSPS) is 16.5. The Morgan fingerprint density at radius 3 is 1.96 bits per heavy atom. The fraction of sp³-hybridized carbons (Fsp3) is 0.744. The molecule has 45 heavy (non-hydrogen) atoms. The highest BCUT2D eigenvalue weighted by Crippen LogP contribution is 2.31. The quantitative estimate of drug-likeness (QED) is 0.123. The average molecular weight is 619 g/mol. The number of nitrogens with zero attached hydrogens (tertiary/aromatic N) is 6. The van der Waals surface area contributed by atoms with Crippen molar-refractivity contribution >= 4 is 22.8 Å². The van der Waals surface area contributed by atoms with Crippen LogP contribution >= 0.6 is 0 Å². The van der Waals surface area contributed by atoms with Crippen molar-refractivity contribution in [3.8, 4) is 0 Å². The molecule has 2 heterocycles. The standard InChI is InChI=1S/C39H66N6/c1-10-17-20-23-33(16-7)38-41-39-37(36(29(8)13-4)42-45(39)43-38)40-35-25-24-34(26-30(35)9)44(27-31(14-5)21-18-11-2)28-32(15-6)22-19-12-3/h24-26,29,31-33H,10-23,27-28H2,1-9H3. The topological polar surface area (TPSA) is 58.7 Å². The number of aryl methyl sites for hydroxylation is 1. The maximum absolute atomic E-state index is 5.30. The van der Waals surface area contributed by atoms with Crippen LogP contribution in [0.25, 0.3) is 0 Å². The number of rotatable bonds is 22. The van der Waals surface area contributed by atoms with Gasteiger partial charge in [0.25, 0.3) is 0 Å². The van der Waals surface area contributed by atoms with Gasteiger partial charge < -0.3 is 4.90 Å². The van der Waals surface area contributed by atoms with Gasteiger partial charge in [0.15, 0.2) is 5.82 Å². The van der Waals surface area contributed by atoms with Gasteiger partial charge in [0.05, 0.1) is 11.4 Å². The van der Waals surface area contributed by atoms with E-state index < -0.39 is 0 Å². The summed E-state index contributed by atoms with van der Waals surface area (Å²) in [5.74, 6) is 3.86. The van der Waals surface area contributed by atoms with Crippen LogP contribution in [0.5, 0.6) is 0 Å². The van der Waals surface area contributed by atoms with Crippen molar-refractivity contribution in [3.63, 3.8) is 0 Å². The molecule has 6 heteroatoms. The van der Waals surface area contributed by atoms with Crippen LogP contribution in [0.15, 0.2) is 28.3 Å². The van der Waals surface area contributed by atoms with Crippen LogP contribution in [0, 0.1) is 24.7 Å². The van der Waals surface area contributed by atoms with E-state index in [1.165, 1.54) is 81.9 Å². The summed E-state index contributed by atoms with van der Waals surface area (Å²) in [6, 6.07) is 6.93. The Morgan fingerprint density at radius 1 is 0.778 bits per heavy atom. The molecule has 0 radical (unpaired) electrons. The molecule has 1 aromatic carbocycles. The molecule has 0 N–H and O–H groups in total. The van der Waals surface area contributed by atoms with Crippen LogP contribution in [-0.4, -0.2) is 39.4 Å². The number of anilines is 1. The molecular formula is C39H66N6. The fourth-order valence-electron chi connectivity index (χ4n) is 6.59. The molecule has 0 amide bonds. The smallest absolute Gasteiger partial charge is 0.204 e. The molecule has 0 fully saturated rings. The van der Waals surface area contributed by atoms with Crippen LogP contribution in [0.4, 0.5) is 11.4 Å². The summed E-state index contributed by atoms with van der Waals surface area (Å²) in [5, 5.41) is 9.87. The third-order valence-electron chi connectivity index (χ3n) is 10.2. The molecule has 3 rings (SSSR count). The lowest BCUT2D eigenvalue weighted by molar-refractivity contribution is 0.403. The molecule has 4 atom stereocenters. The molecule has 0 aliphatic carbocycles. The van der Waals surface area contributed by atoms with Crippen LogP contribution in [-0.2, 0) is 0 Å². The second-order valence-electron chi connectivity index (χ2n) is 13.7. The van der Waals surface area contributed by atoms with E-state index in [1.807, 2.05) is 0 Å². The van der Waals surface area contributed by atoms with Gasteiger partial charge in [-0.05, 0) is 74.6 Å². The number of aromatic nitrogens is 3. The summed E-state index contributed by atoms with van der Waals surface area (Å²) in [6.07, 6.45) is 17.2. The predicted molar refractivity (Wildman–Crippen MR) is 196 cm³/mol. The van der Waals surface area contributed by atoms with Crippen molar-refractivity contribution in [2.45, 2.75) is 158 Å². The maximum atomic E-state index is 5.30. The molecule has 0 saturated heterocycles. The maximum Gasteiger partial charge on any atom is 0.204 e. The minimum Gasteiger partial charge on any atom is -0.371 e. The summed E-state index contributed by atoms with van der Waals surface area (Å²) >= 11 is 0. The van der Waals surface area contributed by atoms with Crippen molar-refractivity contribution in [1.82, 2.24) is 14.9 Å². The summed E-state index contributed by atoms with van der Waals surface area (Å²) in [7, 11) is 0. The first-order chi connectivity index (χ1) is 21.8. The highest BCUT2D eigenvalue weighted by Gasteiger charge is 2.31. The predicted octanol–water partition coefficient (Wildman–Crippen LogP) is 11.3. The molecule has 0 saturated carbocycles. The second kappa shape index (κ2) is 19.2. The number of benzene rings is 1. The summed E-state index contributed by atoms with van der Waals surface area (Å²) in [4.78, 5) is 14.9. The number of aliphatic imine (C=N–C) groups is 1. The Hall–Kier alpha value is -2.50. The molecular weight excluding hydrogens is 552 g/mol. The Kier molecular flexibility index (Phi) is 15.8. The Balaban J connectivity index is 1.96. The van der Waals surface area contributed by atoms with Crippen LogP contribution in [0.3, 0.4) is 0 Å². The first-order valence-corrected chi connectivity index (χ1v) is 18.8. The molecule has 1 aromatic heterocycles. The zero-order valence-electron chi connectivity index (χ0n) is 30.5. The second-order valence-corrected chi connectivity index (χ2v) is 13.7. The van der Waals surface area contributed by atoms with E-state index in [0.29, 0.717) is 11.8 Å². The van der Waals surface area contributed by atoms with Crippen molar-refractivity contribution in [3.05, 3.63) is 35.4 Å². The van der Waals surface area contributed by atoms with Gasteiger partial charge in [-0.1, -0.05) is 113 Å². The van der Waals surface area contributed by atoms with Crippen LogP contribution in [0.2, 0.25) is 0 Å². The highest BCUT2D eigenvalue weighted by atomic mass is 15.6. The summed E-state index contributed by atoms with van der Waals surface area (Å²) in [6.45, 7) is 22.8. The van der Waals surface area contributed by atoms with Crippen molar-refractivity contribution in [2.75, 3.05) is 18.0 Å². The minimum atomic E-state index is 0.292. The lowest BCUT2D eigenvalue weighted by atomic mass is 9.95. The minimum absolute atomic E-state index is 0.292. The van der Waals surface area contributed by atoms with Gasteiger partial charge in [-0.3, -0.25) is 0 Å². The molecule has 0 spiro atoms. The molecule has 252 valence electrons. The highest BCUT2D eigenvalue weighted by molar-refractivity contribution is 6.49. The van der Waals surface area contributed by atoms with E-state index in [2.05, 4.69) is 85.4 Å². The molecule has 0 bridgehead atoms. The van der Waals surface area contributed by atoms with Gasteiger partial charge in [-0.25, -0.2) is 9.98 Å². The van der Waals surface area contributed by atoms with E-state index >= 15 is 0 Å². The van der Waals surface area contributed by atoms with E-state index in [1.54, 1.807) is 4.79 Å². The third-order valence-corrected chi connectivity index (χ3v) is 10.2. The third kappa shape index (κ3) is 10.2. The zero-order chi connectivity index (χ0) is 32.8. The molecule has 1 aliphatic rings. The van der Waals surface area contributed by atoms with Crippen molar-refractivity contribution in [1.29, 1.82) is 0 Å². The van der Waals surface area contributed by atoms with E-state index in [0.717, 1.165) is 72.9 Å². The van der Waals surface area contributed by atoms with Crippen LogP contribution < -0.4 is 4.90 Å². The number of hydrogen-bond donors (Lipinski definition) is 0.